The Morgan fingerprint density at radius 3 is 2.94 bits per heavy atom. The van der Waals surface area contributed by atoms with Crippen LogP contribution in [0, 0.1) is 0 Å². The monoisotopic (exact) mass is 248 g/mol. The van der Waals surface area contributed by atoms with Gasteiger partial charge in [-0.2, -0.15) is 0 Å². The number of hydrogen-bond acceptors (Lipinski definition) is 5. The number of nitrogens with zero attached hydrogens (tertiary/aromatic N) is 3. The minimum atomic E-state index is 0.398. The van der Waals surface area contributed by atoms with Crippen LogP contribution in [0.5, 0.6) is 0 Å². The van der Waals surface area contributed by atoms with Crippen molar-refractivity contribution >= 4 is 17.2 Å². The van der Waals surface area contributed by atoms with Crippen molar-refractivity contribution in [1.29, 1.82) is 0 Å². The molecule has 5 heteroatoms. The highest BCUT2D eigenvalue weighted by atomic mass is 32.1. The number of aryl methyl sites for hydroxylation is 1. The number of aromatic nitrogens is 3. The molecule has 1 N–H and O–H groups in total. The fourth-order valence-electron chi connectivity index (χ4n) is 1.51. The van der Waals surface area contributed by atoms with Gasteiger partial charge < -0.3 is 5.32 Å². The van der Waals surface area contributed by atoms with Crippen LogP contribution in [0.1, 0.15) is 30.5 Å². The van der Waals surface area contributed by atoms with Crippen molar-refractivity contribution in [3.05, 3.63) is 34.7 Å². The number of nitrogens with one attached hydrogen (secondary N) is 1. The predicted molar refractivity (Wildman–Crippen MR) is 70.4 cm³/mol. The Morgan fingerprint density at radius 2 is 2.24 bits per heavy atom. The van der Waals surface area contributed by atoms with Gasteiger partial charge >= 0.3 is 0 Å². The maximum absolute atomic E-state index is 4.31. The van der Waals surface area contributed by atoms with E-state index in [2.05, 4.69) is 34.1 Å². The lowest BCUT2D eigenvalue weighted by molar-refractivity contribution is 0.790. The number of hydrogen-bond donors (Lipinski definition) is 1. The molecule has 0 aliphatic carbocycles. The van der Waals surface area contributed by atoms with Gasteiger partial charge in [-0.25, -0.2) is 15.0 Å². The van der Waals surface area contributed by atoms with Gasteiger partial charge in [0.15, 0.2) is 0 Å². The molecule has 4 nitrogen and oxygen atoms in total. The Morgan fingerprint density at radius 1 is 1.35 bits per heavy atom. The van der Waals surface area contributed by atoms with Gasteiger partial charge in [-0.15, -0.1) is 11.3 Å². The summed E-state index contributed by atoms with van der Waals surface area (Å²) in [5.74, 6) is 1.29. The lowest BCUT2D eigenvalue weighted by Gasteiger charge is -2.10. The summed E-state index contributed by atoms with van der Waals surface area (Å²) in [6, 6.07) is 1.99. The van der Waals surface area contributed by atoms with E-state index in [9.17, 15) is 0 Å². The van der Waals surface area contributed by atoms with Gasteiger partial charge in [-0.3, -0.25) is 0 Å². The van der Waals surface area contributed by atoms with Gasteiger partial charge in [0.05, 0.1) is 5.01 Å². The molecule has 0 radical (unpaired) electrons. The van der Waals surface area contributed by atoms with Crippen LogP contribution in [0.3, 0.4) is 0 Å². The summed E-state index contributed by atoms with van der Waals surface area (Å²) in [5, 5.41) is 6.48. The molecular formula is C12H16N4S. The van der Waals surface area contributed by atoms with Crippen LogP contribution >= 0.6 is 11.3 Å². The van der Waals surface area contributed by atoms with Gasteiger partial charge in [0.25, 0.3) is 0 Å². The predicted octanol–water partition coefficient (Wildman–Crippen LogP) is 2.71. The number of rotatable bonds is 5. The highest BCUT2D eigenvalue weighted by molar-refractivity contribution is 7.09. The molecule has 0 saturated carbocycles. The van der Waals surface area contributed by atoms with Crippen molar-refractivity contribution in [1.82, 2.24) is 15.0 Å². The van der Waals surface area contributed by atoms with E-state index < -0.39 is 0 Å². The second-order valence-corrected chi connectivity index (χ2v) is 4.83. The quantitative estimate of drug-likeness (QED) is 0.884. The minimum Gasteiger partial charge on any atom is -0.369 e. The molecule has 90 valence electrons. The normalized spacial score (nSPS) is 12.4. The van der Waals surface area contributed by atoms with Crippen molar-refractivity contribution in [2.24, 2.45) is 0 Å². The molecule has 0 aliphatic rings. The third-order valence-corrected chi connectivity index (χ3v) is 3.56. The summed E-state index contributed by atoms with van der Waals surface area (Å²) >= 11 is 1.69. The first-order valence-electron chi connectivity index (χ1n) is 5.73. The van der Waals surface area contributed by atoms with Crippen LogP contribution in [0.25, 0.3) is 0 Å². The van der Waals surface area contributed by atoms with Crippen LogP contribution < -0.4 is 5.32 Å². The van der Waals surface area contributed by atoms with Crippen LogP contribution in [-0.4, -0.2) is 21.5 Å². The fourth-order valence-corrected chi connectivity index (χ4v) is 2.21. The lowest BCUT2D eigenvalue weighted by atomic mass is 10.2. The zero-order valence-corrected chi connectivity index (χ0v) is 10.9. The van der Waals surface area contributed by atoms with Crippen LogP contribution in [0.15, 0.2) is 24.0 Å². The molecule has 0 amide bonds. The number of thiazole rings is 1. The molecule has 1 unspecified atom stereocenters. The highest BCUT2D eigenvalue weighted by Crippen LogP contribution is 2.17. The Hall–Kier alpha value is -1.49. The summed E-state index contributed by atoms with van der Waals surface area (Å²) in [7, 11) is 0. The third kappa shape index (κ3) is 3.23. The van der Waals surface area contributed by atoms with Gasteiger partial charge in [0, 0.05) is 35.8 Å². The van der Waals surface area contributed by atoms with Gasteiger partial charge in [0.1, 0.15) is 12.1 Å². The van der Waals surface area contributed by atoms with Crippen molar-refractivity contribution in [3.8, 4) is 0 Å². The zero-order chi connectivity index (χ0) is 12.1. The van der Waals surface area contributed by atoms with Crippen LogP contribution in [-0.2, 0) is 6.42 Å². The standard InChI is InChI=1S/C12H16N4S/c1-3-10-6-11(16-8-15-10)14-7-9(2)12-13-4-5-17-12/h4-6,8-9H,3,7H2,1-2H3,(H,14,15,16). The summed E-state index contributed by atoms with van der Waals surface area (Å²) in [6.07, 6.45) is 4.38. The average Bonchev–Trinajstić information content (AvgIpc) is 2.90. The molecule has 2 aromatic rings. The largest absolute Gasteiger partial charge is 0.369 e. The first-order valence-corrected chi connectivity index (χ1v) is 6.61. The first kappa shape index (κ1) is 12.0. The first-order chi connectivity index (χ1) is 8.29. The Labute approximate surface area is 105 Å². The second kappa shape index (κ2) is 5.72. The smallest absolute Gasteiger partial charge is 0.129 e. The molecule has 17 heavy (non-hydrogen) atoms. The zero-order valence-electron chi connectivity index (χ0n) is 10.1. The molecule has 0 aromatic carbocycles. The molecule has 1 atom stereocenters. The maximum atomic E-state index is 4.31. The topological polar surface area (TPSA) is 50.7 Å². The average molecular weight is 248 g/mol. The minimum absolute atomic E-state index is 0.398. The summed E-state index contributed by atoms with van der Waals surface area (Å²) < 4.78 is 0. The summed E-state index contributed by atoms with van der Waals surface area (Å²) in [5.41, 5.74) is 1.06. The van der Waals surface area contributed by atoms with Crippen molar-refractivity contribution in [2.45, 2.75) is 26.2 Å². The van der Waals surface area contributed by atoms with E-state index in [1.165, 1.54) is 0 Å². The molecule has 0 bridgehead atoms. The van der Waals surface area contributed by atoms with E-state index in [1.54, 1.807) is 17.7 Å². The van der Waals surface area contributed by atoms with E-state index in [1.807, 2.05) is 17.6 Å². The van der Waals surface area contributed by atoms with E-state index in [4.69, 9.17) is 0 Å². The molecule has 2 aromatic heterocycles. The van der Waals surface area contributed by atoms with Gasteiger partial charge in [-0.05, 0) is 6.42 Å². The SMILES string of the molecule is CCc1cc(NCC(C)c2nccs2)ncn1. The maximum Gasteiger partial charge on any atom is 0.129 e. The van der Waals surface area contributed by atoms with Gasteiger partial charge in [0.2, 0.25) is 0 Å². The van der Waals surface area contributed by atoms with Gasteiger partial charge in [-0.1, -0.05) is 13.8 Å². The Kier molecular flexibility index (Phi) is 4.03. The lowest BCUT2D eigenvalue weighted by Crippen LogP contribution is -2.11. The fraction of sp³-hybridized carbons (Fsp3) is 0.417. The Bertz CT molecular complexity index is 455. The van der Waals surface area contributed by atoms with Crippen LogP contribution in [0.4, 0.5) is 5.82 Å². The van der Waals surface area contributed by atoms with Crippen molar-refractivity contribution in [2.75, 3.05) is 11.9 Å². The van der Waals surface area contributed by atoms with Crippen LogP contribution in [0.2, 0.25) is 0 Å². The Balaban J connectivity index is 1.93. The highest BCUT2D eigenvalue weighted by Gasteiger charge is 2.08. The molecule has 2 rings (SSSR count). The van der Waals surface area contributed by atoms with E-state index in [0.29, 0.717) is 5.92 Å². The van der Waals surface area contributed by atoms with E-state index in [-0.39, 0.29) is 0 Å². The van der Waals surface area contributed by atoms with E-state index >= 15 is 0 Å². The third-order valence-electron chi connectivity index (χ3n) is 2.55. The molecule has 0 fully saturated rings. The van der Waals surface area contributed by atoms with Crippen molar-refractivity contribution in [3.63, 3.8) is 0 Å². The summed E-state index contributed by atoms with van der Waals surface area (Å²) in [4.78, 5) is 12.7. The van der Waals surface area contributed by atoms with Crippen molar-refractivity contribution < 1.29 is 0 Å². The molecule has 0 saturated heterocycles. The molecular weight excluding hydrogens is 232 g/mol. The molecule has 2 heterocycles. The number of anilines is 1. The van der Waals surface area contributed by atoms with E-state index in [0.717, 1.165) is 29.5 Å². The second-order valence-electron chi connectivity index (χ2n) is 3.90. The summed E-state index contributed by atoms with van der Waals surface area (Å²) in [6.45, 7) is 5.09. The molecule has 0 spiro atoms. The molecule has 0 aliphatic heterocycles.